The van der Waals surface area contributed by atoms with E-state index in [0.29, 0.717) is 0 Å². The first-order valence-corrected chi connectivity index (χ1v) is 4.54. The Kier molecular flexibility index (Phi) is 3.81. The molecule has 0 saturated carbocycles. The van der Waals surface area contributed by atoms with E-state index in [1.54, 1.807) is 0 Å². The number of allylic oxidation sites excluding steroid dienone is 3. The summed E-state index contributed by atoms with van der Waals surface area (Å²) in [6, 6.07) is 0. The minimum Gasteiger partial charge on any atom is -0.366 e. The van der Waals surface area contributed by atoms with Crippen LogP contribution in [0.15, 0.2) is 24.0 Å². The van der Waals surface area contributed by atoms with Crippen LogP contribution >= 0.6 is 0 Å². The summed E-state index contributed by atoms with van der Waals surface area (Å²) in [7, 11) is 0. The molecule has 0 saturated heterocycles. The molecule has 11 heavy (non-hydrogen) atoms. The normalized spacial score (nSPS) is 15.9. The Morgan fingerprint density at radius 2 is 2.36 bits per heavy atom. The maximum Gasteiger partial charge on any atom is 0.0109 e. The molecule has 1 heteroatoms. The third-order valence-electron chi connectivity index (χ3n) is 1.94. The fourth-order valence-electron chi connectivity index (χ4n) is 1.24. The maximum atomic E-state index is 3.26. The van der Waals surface area contributed by atoms with E-state index < -0.39 is 0 Å². The van der Waals surface area contributed by atoms with Gasteiger partial charge >= 0.3 is 0 Å². The first-order chi connectivity index (χ1) is 5.43. The van der Waals surface area contributed by atoms with Crippen molar-refractivity contribution in [2.75, 3.05) is 0 Å². The van der Waals surface area contributed by atoms with Crippen LogP contribution in [-0.4, -0.2) is 0 Å². The predicted molar refractivity (Wildman–Crippen MR) is 49.1 cm³/mol. The minimum atomic E-state index is 1.11. The van der Waals surface area contributed by atoms with E-state index in [1.165, 1.54) is 31.4 Å². The molecule has 0 spiro atoms. The van der Waals surface area contributed by atoms with Crippen LogP contribution in [-0.2, 0) is 0 Å². The summed E-state index contributed by atoms with van der Waals surface area (Å²) in [5.74, 6) is 0. The van der Waals surface area contributed by atoms with Crippen molar-refractivity contribution in [3.05, 3.63) is 24.0 Å². The molecule has 1 N–H and O–H groups in total. The van der Waals surface area contributed by atoms with Gasteiger partial charge in [0, 0.05) is 5.70 Å². The van der Waals surface area contributed by atoms with Gasteiger partial charge in [0.2, 0.25) is 0 Å². The third kappa shape index (κ3) is 3.26. The van der Waals surface area contributed by atoms with Crippen molar-refractivity contribution in [2.45, 2.75) is 39.0 Å². The quantitative estimate of drug-likeness (QED) is 0.609. The van der Waals surface area contributed by atoms with Gasteiger partial charge in [-0.15, -0.1) is 0 Å². The SMILES string of the molecule is CCCCCC1=CCC=CN1. The van der Waals surface area contributed by atoms with Crippen molar-refractivity contribution in [2.24, 2.45) is 0 Å². The molecule has 1 heterocycles. The minimum absolute atomic E-state index is 1.11. The number of dihydropyridines is 1. The van der Waals surface area contributed by atoms with Gasteiger partial charge in [0.1, 0.15) is 0 Å². The van der Waals surface area contributed by atoms with E-state index in [-0.39, 0.29) is 0 Å². The van der Waals surface area contributed by atoms with Gasteiger partial charge in [-0.1, -0.05) is 31.9 Å². The highest BCUT2D eigenvalue weighted by atomic mass is 14.8. The topological polar surface area (TPSA) is 12.0 Å². The van der Waals surface area contributed by atoms with E-state index >= 15 is 0 Å². The Bertz CT molecular complexity index is 156. The predicted octanol–water partition coefficient (Wildman–Crippen LogP) is 2.96. The molecule has 0 unspecified atom stereocenters. The maximum absolute atomic E-state index is 3.26. The molecule has 1 rings (SSSR count). The van der Waals surface area contributed by atoms with Crippen LogP contribution < -0.4 is 5.32 Å². The zero-order chi connectivity index (χ0) is 7.94. The number of hydrogen-bond acceptors (Lipinski definition) is 1. The highest BCUT2D eigenvalue weighted by Gasteiger charge is 1.96. The number of unbranched alkanes of at least 4 members (excludes halogenated alkanes) is 2. The molecule has 0 aromatic carbocycles. The van der Waals surface area contributed by atoms with Gasteiger partial charge in [0.25, 0.3) is 0 Å². The molecule has 1 nitrogen and oxygen atoms in total. The van der Waals surface area contributed by atoms with E-state index in [0.717, 1.165) is 6.42 Å². The lowest BCUT2D eigenvalue weighted by molar-refractivity contribution is 0.691. The van der Waals surface area contributed by atoms with Crippen molar-refractivity contribution in [1.82, 2.24) is 5.32 Å². The fourth-order valence-corrected chi connectivity index (χ4v) is 1.24. The Balaban J connectivity index is 2.11. The Morgan fingerprint density at radius 1 is 1.45 bits per heavy atom. The molecule has 0 aliphatic carbocycles. The van der Waals surface area contributed by atoms with Crippen LogP contribution in [0.3, 0.4) is 0 Å². The second-order valence-electron chi connectivity index (χ2n) is 2.97. The van der Waals surface area contributed by atoms with Crippen molar-refractivity contribution in [3.63, 3.8) is 0 Å². The van der Waals surface area contributed by atoms with E-state index in [1.807, 2.05) is 6.20 Å². The molecule has 0 aromatic rings. The molecule has 62 valence electrons. The first kappa shape index (κ1) is 8.38. The molecule has 0 amide bonds. The van der Waals surface area contributed by atoms with E-state index in [9.17, 15) is 0 Å². The highest BCUT2D eigenvalue weighted by molar-refractivity contribution is 5.10. The summed E-state index contributed by atoms with van der Waals surface area (Å²) in [5.41, 5.74) is 1.40. The van der Waals surface area contributed by atoms with Crippen molar-refractivity contribution >= 4 is 0 Å². The van der Waals surface area contributed by atoms with Crippen molar-refractivity contribution in [3.8, 4) is 0 Å². The van der Waals surface area contributed by atoms with Crippen molar-refractivity contribution in [1.29, 1.82) is 0 Å². The summed E-state index contributed by atoms with van der Waals surface area (Å²) in [5, 5.41) is 3.26. The summed E-state index contributed by atoms with van der Waals surface area (Å²) in [4.78, 5) is 0. The smallest absolute Gasteiger partial charge is 0.0109 e. The van der Waals surface area contributed by atoms with Gasteiger partial charge < -0.3 is 5.32 Å². The second-order valence-corrected chi connectivity index (χ2v) is 2.97. The largest absolute Gasteiger partial charge is 0.366 e. The first-order valence-electron chi connectivity index (χ1n) is 4.54. The third-order valence-corrected chi connectivity index (χ3v) is 1.94. The molecule has 0 atom stereocenters. The molecule has 0 fully saturated rings. The number of rotatable bonds is 4. The Hall–Kier alpha value is -0.720. The fraction of sp³-hybridized carbons (Fsp3) is 0.600. The van der Waals surface area contributed by atoms with Gasteiger partial charge in [-0.05, 0) is 25.5 Å². The number of hydrogen-bond donors (Lipinski definition) is 1. The van der Waals surface area contributed by atoms with Gasteiger partial charge in [0.05, 0.1) is 0 Å². The lowest BCUT2D eigenvalue weighted by Crippen LogP contribution is -2.07. The van der Waals surface area contributed by atoms with E-state index in [4.69, 9.17) is 0 Å². The second kappa shape index (κ2) is 5.00. The molecular weight excluding hydrogens is 134 g/mol. The van der Waals surface area contributed by atoms with Gasteiger partial charge in [0.15, 0.2) is 0 Å². The van der Waals surface area contributed by atoms with Crippen LogP contribution in [0.25, 0.3) is 0 Å². The van der Waals surface area contributed by atoms with Crippen LogP contribution in [0.1, 0.15) is 39.0 Å². The summed E-state index contributed by atoms with van der Waals surface area (Å²) in [6.07, 6.45) is 12.8. The molecule has 0 aromatic heterocycles. The van der Waals surface area contributed by atoms with Crippen LogP contribution in [0.2, 0.25) is 0 Å². The average Bonchev–Trinajstić information content (AvgIpc) is 2.07. The Labute approximate surface area is 69.2 Å². The lowest BCUT2D eigenvalue weighted by Gasteiger charge is -2.09. The zero-order valence-electron chi connectivity index (χ0n) is 7.27. The standard InChI is InChI=1S/C10H17N/c1-2-3-4-7-10-8-5-6-9-11-10/h6,8-9,11H,2-5,7H2,1H3. The summed E-state index contributed by atoms with van der Waals surface area (Å²) < 4.78 is 0. The molecule has 1 aliphatic heterocycles. The monoisotopic (exact) mass is 151 g/mol. The van der Waals surface area contributed by atoms with Crippen LogP contribution in [0, 0.1) is 0 Å². The summed E-state index contributed by atoms with van der Waals surface area (Å²) in [6.45, 7) is 2.24. The van der Waals surface area contributed by atoms with E-state index in [2.05, 4.69) is 24.4 Å². The number of nitrogens with one attached hydrogen (secondary N) is 1. The highest BCUT2D eigenvalue weighted by Crippen LogP contribution is 2.09. The Morgan fingerprint density at radius 3 is 3.00 bits per heavy atom. The molecule has 1 aliphatic rings. The summed E-state index contributed by atoms with van der Waals surface area (Å²) >= 11 is 0. The van der Waals surface area contributed by atoms with Gasteiger partial charge in [-0.3, -0.25) is 0 Å². The molecule has 0 radical (unpaired) electrons. The lowest BCUT2D eigenvalue weighted by atomic mass is 10.1. The van der Waals surface area contributed by atoms with Gasteiger partial charge in [-0.2, -0.15) is 0 Å². The molecule has 0 bridgehead atoms. The van der Waals surface area contributed by atoms with Gasteiger partial charge in [-0.25, -0.2) is 0 Å². The average molecular weight is 151 g/mol. The van der Waals surface area contributed by atoms with Crippen LogP contribution in [0.4, 0.5) is 0 Å². The zero-order valence-corrected chi connectivity index (χ0v) is 7.27. The molecular formula is C10H17N. The van der Waals surface area contributed by atoms with Crippen LogP contribution in [0.5, 0.6) is 0 Å². The van der Waals surface area contributed by atoms with Crippen molar-refractivity contribution < 1.29 is 0 Å².